The maximum atomic E-state index is 12.5. The third kappa shape index (κ3) is 6.03. The van der Waals surface area contributed by atoms with Gasteiger partial charge < -0.3 is 10.6 Å². The van der Waals surface area contributed by atoms with E-state index >= 15 is 0 Å². The minimum atomic E-state index is -4.57. The van der Waals surface area contributed by atoms with Crippen molar-refractivity contribution in [1.82, 2.24) is 10.3 Å². The molecule has 5 nitrogen and oxygen atoms in total. The summed E-state index contributed by atoms with van der Waals surface area (Å²) in [5.41, 5.74) is -3.36. The third-order valence-electron chi connectivity index (χ3n) is 3.08. The number of pyridine rings is 1. The summed E-state index contributed by atoms with van der Waals surface area (Å²) in [6.07, 6.45) is 1.16. The molecule has 10 heteroatoms. The van der Waals surface area contributed by atoms with E-state index in [2.05, 4.69) is 31.5 Å². The summed E-state index contributed by atoms with van der Waals surface area (Å²) in [7, 11) is 0. The van der Waals surface area contributed by atoms with Gasteiger partial charge in [0.2, 0.25) is 5.91 Å². The second kappa shape index (κ2) is 8.54. The molecule has 138 valence electrons. The number of carbonyl (C=O) groups excluding carboxylic acids is 2. The van der Waals surface area contributed by atoms with Gasteiger partial charge in [0.15, 0.2) is 0 Å². The van der Waals surface area contributed by atoms with Gasteiger partial charge in [-0.15, -0.1) is 0 Å². The average molecular weight is 448 g/mol. The predicted octanol–water partition coefficient (Wildman–Crippen LogP) is 4.13. The summed E-state index contributed by atoms with van der Waals surface area (Å²) in [5.74, 6) is -1.32. The Morgan fingerprint density at radius 1 is 1.27 bits per heavy atom. The van der Waals surface area contributed by atoms with E-state index in [1.54, 1.807) is 18.2 Å². The Bertz CT molecular complexity index is 831. The predicted molar refractivity (Wildman–Crippen MR) is 96.0 cm³/mol. The lowest BCUT2D eigenvalue weighted by Gasteiger charge is -2.11. The summed E-state index contributed by atoms with van der Waals surface area (Å²) < 4.78 is 38.5. The van der Waals surface area contributed by atoms with E-state index in [0.29, 0.717) is 5.69 Å². The zero-order chi connectivity index (χ0) is 19.3. The number of amides is 2. The zero-order valence-corrected chi connectivity index (χ0v) is 15.8. The molecule has 2 rings (SSSR count). The monoisotopic (exact) mass is 447 g/mol. The number of nitrogens with zero attached hydrogens (tertiary/aromatic N) is 1. The van der Waals surface area contributed by atoms with Crippen LogP contribution in [0.3, 0.4) is 0 Å². The van der Waals surface area contributed by atoms with E-state index in [4.69, 9.17) is 0 Å². The minimum absolute atomic E-state index is 0.248. The number of alkyl halides is 3. The molecular weight excluding hydrogens is 435 g/mol. The molecule has 0 saturated heterocycles. The second-order valence-corrected chi connectivity index (χ2v) is 7.01. The molecule has 0 atom stereocenters. The van der Waals surface area contributed by atoms with E-state index in [9.17, 15) is 22.8 Å². The van der Waals surface area contributed by atoms with E-state index in [1.807, 2.05) is 6.92 Å². The molecule has 1 aromatic heterocycles. The van der Waals surface area contributed by atoms with Crippen molar-refractivity contribution in [1.29, 1.82) is 0 Å². The summed E-state index contributed by atoms with van der Waals surface area (Å²) in [6, 6.07) is 7.74. The van der Waals surface area contributed by atoms with Crippen molar-refractivity contribution >= 4 is 45.2 Å². The summed E-state index contributed by atoms with van der Waals surface area (Å²) in [5, 5.41) is 4.41. The molecule has 2 aromatic rings. The molecule has 0 fully saturated rings. The van der Waals surface area contributed by atoms with Gasteiger partial charge in [-0.1, -0.05) is 15.9 Å². The molecule has 26 heavy (non-hydrogen) atoms. The Morgan fingerprint density at radius 3 is 2.65 bits per heavy atom. The summed E-state index contributed by atoms with van der Waals surface area (Å²) in [6.45, 7) is 1.46. The van der Waals surface area contributed by atoms with E-state index in [0.717, 1.165) is 16.2 Å². The van der Waals surface area contributed by atoms with Crippen molar-refractivity contribution in [3.63, 3.8) is 0 Å². The Balaban J connectivity index is 1.98. The number of rotatable bonds is 5. The van der Waals surface area contributed by atoms with E-state index in [1.165, 1.54) is 12.1 Å². The third-order valence-corrected chi connectivity index (χ3v) is 4.72. The molecule has 0 aliphatic rings. The Labute approximate surface area is 159 Å². The van der Waals surface area contributed by atoms with Crippen LogP contribution in [0.15, 0.2) is 46.0 Å². The maximum Gasteiger partial charge on any atom is 0.447 e. The summed E-state index contributed by atoms with van der Waals surface area (Å²) in [4.78, 5) is 27.6. The molecule has 0 unspecified atom stereocenters. The van der Waals surface area contributed by atoms with Crippen LogP contribution < -0.4 is 10.6 Å². The van der Waals surface area contributed by atoms with Crippen molar-refractivity contribution in [3.8, 4) is 0 Å². The fourth-order valence-corrected chi connectivity index (χ4v) is 2.79. The molecule has 0 saturated carbocycles. The number of carbonyl (C=O) groups is 2. The highest BCUT2D eigenvalue weighted by molar-refractivity contribution is 9.10. The molecule has 2 amide bonds. The molecule has 0 aliphatic heterocycles. The lowest BCUT2D eigenvalue weighted by atomic mass is 10.2. The minimum Gasteiger partial charge on any atom is -0.343 e. The smallest absolute Gasteiger partial charge is 0.343 e. The fourth-order valence-electron chi connectivity index (χ4n) is 1.94. The highest BCUT2D eigenvalue weighted by Crippen LogP contribution is 2.37. The van der Waals surface area contributed by atoms with Crippen LogP contribution in [0.4, 0.5) is 18.9 Å². The Morgan fingerprint density at radius 2 is 2.00 bits per heavy atom. The highest BCUT2D eigenvalue weighted by Gasteiger charge is 2.32. The first kappa shape index (κ1) is 20.2. The molecule has 0 radical (unpaired) electrons. The molecule has 1 heterocycles. The number of anilines is 1. The van der Waals surface area contributed by atoms with Gasteiger partial charge >= 0.3 is 5.51 Å². The average Bonchev–Trinajstić information content (AvgIpc) is 2.55. The van der Waals surface area contributed by atoms with Crippen LogP contribution in [-0.4, -0.2) is 28.9 Å². The zero-order valence-electron chi connectivity index (χ0n) is 13.4. The van der Waals surface area contributed by atoms with Crippen LogP contribution >= 0.6 is 27.7 Å². The van der Waals surface area contributed by atoms with Gasteiger partial charge in [0.05, 0.1) is 12.1 Å². The van der Waals surface area contributed by atoms with Gasteiger partial charge in [0, 0.05) is 28.1 Å². The highest BCUT2D eigenvalue weighted by atomic mass is 79.9. The number of halogens is 4. The molecule has 1 aromatic carbocycles. The standard InChI is InChI=1S/C16H13BrF3N3O2S/c1-9-7-10(4-5-12(9)17)23-13(24)8-22-14(25)11-3-2-6-21-15(11)26-16(18,19)20/h2-7H,8H2,1H3,(H,22,25)(H,23,24). The number of hydrogen-bond donors (Lipinski definition) is 2. The number of nitrogens with one attached hydrogen (secondary N) is 2. The number of hydrogen-bond acceptors (Lipinski definition) is 4. The molecule has 0 bridgehead atoms. The number of aromatic nitrogens is 1. The largest absolute Gasteiger partial charge is 0.447 e. The van der Waals surface area contributed by atoms with E-state index < -0.39 is 34.1 Å². The number of thioether (sulfide) groups is 1. The Hall–Kier alpha value is -2.07. The fraction of sp³-hybridized carbons (Fsp3) is 0.188. The van der Waals surface area contributed by atoms with Crippen LogP contribution in [0.1, 0.15) is 15.9 Å². The van der Waals surface area contributed by atoms with Gasteiger partial charge in [-0.25, -0.2) is 4.98 Å². The van der Waals surface area contributed by atoms with E-state index in [-0.39, 0.29) is 12.1 Å². The van der Waals surface area contributed by atoms with Crippen molar-refractivity contribution in [2.75, 3.05) is 11.9 Å². The van der Waals surface area contributed by atoms with Gasteiger partial charge in [-0.3, -0.25) is 9.59 Å². The van der Waals surface area contributed by atoms with Crippen LogP contribution in [0.5, 0.6) is 0 Å². The van der Waals surface area contributed by atoms with Crippen LogP contribution in [0.25, 0.3) is 0 Å². The first-order valence-corrected chi connectivity index (χ1v) is 8.81. The first-order valence-electron chi connectivity index (χ1n) is 7.20. The molecule has 2 N–H and O–H groups in total. The van der Waals surface area contributed by atoms with Gasteiger partial charge in [0.1, 0.15) is 5.03 Å². The summed E-state index contributed by atoms with van der Waals surface area (Å²) >= 11 is 2.86. The molecule has 0 spiro atoms. The lowest BCUT2D eigenvalue weighted by Crippen LogP contribution is -2.33. The first-order chi connectivity index (χ1) is 12.2. The number of aryl methyl sites for hydroxylation is 1. The lowest BCUT2D eigenvalue weighted by molar-refractivity contribution is -0.115. The maximum absolute atomic E-state index is 12.5. The van der Waals surface area contributed by atoms with Crippen LogP contribution in [-0.2, 0) is 4.79 Å². The number of benzene rings is 1. The van der Waals surface area contributed by atoms with Crippen molar-refractivity contribution < 1.29 is 22.8 Å². The molecular formula is C16H13BrF3N3O2S. The second-order valence-electron chi connectivity index (χ2n) is 5.10. The van der Waals surface area contributed by atoms with Crippen molar-refractivity contribution in [2.24, 2.45) is 0 Å². The SMILES string of the molecule is Cc1cc(NC(=O)CNC(=O)c2cccnc2SC(F)(F)F)ccc1Br. The molecule has 0 aliphatic carbocycles. The van der Waals surface area contributed by atoms with Gasteiger partial charge in [0.25, 0.3) is 5.91 Å². The van der Waals surface area contributed by atoms with Gasteiger partial charge in [-0.2, -0.15) is 13.2 Å². The normalized spacial score (nSPS) is 11.1. The van der Waals surface area contributed by atoms with Crippen molar-refractivity contribution in [3.05, 3.63) is 52.1 Å². The van der Waals surface area contributed by atoms with Gasteiger partial charge in [-0.05, 0) is 42.8 Å². The van der Waals surface area contributed by atoms with Crippen molar-refractivity contribution in [2.45, 2.75) is 17.5 Å². The van der Waals surface area contributed by atoms with Crippen LogP contribution in [0.2, 0.25) is 0 Å². The quantitative estimate of drug-likeness (QED) is 0.675. The topological polar surface area (TPSA) is 71.1 Å². The Kier molecular flexibility index (Phi) is 6.65. The van der Waals surface area contributed by atoms with Crippen LogP contribution in [0, 0.1) is 6.92 Å².